The molecule has 5 nitrogen and oxygen atoms in total. The minimum atomic E-state index is 0.0417. The van der Waals surface area contributed by atoms with Gasteiger partial charge in [0, 0.05) is 0 Å². The first-order chi connectivity index (χ1) is 5.20. The van der Waals surface area contributed by atoms with Crippen LogP contribution in [0, 0.1) is 10.8 Å². The summed E-state index contributed by atoms with van der Waals surface area (Å²) in [7, 11) is 0. The molecule has 0 spiro atoms. The summed E-state index contributed by atoms with van der Waals surface area (Å²) >= 11 is 8.05. The van der Waals surface area contributed by atoms with Crippen molar-refractivity contribution in [3.05, 3.63) is 0 Å². The van der Waals surface area contributed by atoms with Crippen LogP contribution in [0.1, 0.15) is 6.92 Å². The summed E-state index contributed by atoms with van der Waals surface area (Å²) in [6, 6.07) is 0. The molecule has 0 saturated heterocycles. The summed E-state index contributed by atoms with van der Waals surface area (Å²) in [5.74, 6) is 0. The number of nitrogens with two attached hydrogens (primary N) is 3. The summed E-state index contributed by atoms with van der Waals surface area (Å²) in [6.07, 6.45) is 0. The van der Waals surface area contributed by atoms with Crippen LogP contribution in [0.4, 0.5) is 0 Å². The van der Waals surface area contributed by atoms with Crippen LogP contribution >= 0.6 is 12.2 Å². The van der Waals surface area contributed by atoms with E-state index in [0.717, 1.165) is 0 Å². The number of amidine groups is 2. The zero-order valence-corrected chi connectivity index (χ0v) is 11.3. The molecule has 0 rings (SSSR count). The van der Waals surface area contributed by atoms with Crippen molar-refractivity contribution in [2.24, 2.45) is 17.2 Å². The summed E-state index contributed by atoms with van der Waals surface area (Å²) < 4.78 is 0.218. The standard InChI is InChI=1S/C2H5NS.CH3N2Se.CH3N2Te/c1-2(3)4;2*2-1(3)4/h1H3,(H2,3,4);2*(H3,2,3). The Morgan fingerprint density at radius 1 is 1.33 bits per heavy atom. The van der Waals surface area contributed by atoms with Gasteiger partial charge in [-0.15, -0.1) is 0 Å². The topological polar surface area (TPSA) is 126 Å². The van der Waals surface area contributed by atoms with E-state index in [9.17, 15) is 0 Å². The van der Waals surface area contributed by atoms with E-state index < -0.39 is 0 Å². The average Bonchev–Trinajstić information content (AvgIpc) is 1.54. The van der Waals surface area contributed by atoms with Crippen molar-refractivity contribution in [2.45, 2.75) is 6.92 Å². The summed E-state index contributed by atoms with van der Waals surface area (Å²) in [5.41, 5.74) is 14.2. The van der Waals surface area contributed by atoms with Crippen molar-refractivity contribution in [2.75, 3.05) is 0 Å². The molecule has 0 aromatic carbocycles. The zero-order valence-electron chi connectivity index (χ0n) is 6.46. The van der Waals surface area contributed by atoms with Crippen molar-refractivity contribution in [3.8, 4) is 0 Å². The van der Waals surface area contributed by atoms with Crippen LogP contribution in [0.25, 0.3) is 0 Å². The third kappa shape index (κ3) is 43800. The Balaban J connectivity index is -0.000000101. The Kier molecular flexibility index (Phi) is 20.6. The summed E-state index contributed by atoms with van der Waals surface area (Å²) in [5, 5.41) is 12.5. The van der Waals surface area contributed by atoms with Gasteiger partial charge in [0.05, 0.1) is 4.99 Å². The zero-order chi connectivity index (χ0) is 10.7. The van der Waals surface area contributed by atoms with Gasteiger partial charge in [-0.2, -0.15) is 0 Å². The average molecular weight is 368 g/mol. The van der Waals surface area contributed by atoms with Crippen LogP contribution in [0.3, 0.4) is 0 Å². The molecule has 8 N–H and O–H groups in total. The van der Waals surface area contributed by atoms with Gasteiger partial charge in [-0.05, 0) is 6.92 Å². The Morgan fingerprint density at radius 2 is 1.33 bits per heavy atom. The maximum atomic E-state index is 6.28. The molecule has 8 heteroatoms. The van der Waals surface area contributed by atoms with Crippen LogP contribution in [0.5, 0.6) is 0 Å². The maximum absolute atomic E-state index is 6.28. The summed E-state index contributed by atoms with van der Waals surface area (Å²) in [6.45, 7) is 1.68. The molecule has 0 aliphatic heterocycles. The summed E-state index contributed by atoms with van der Waals surface area (Å²) in [4.78, 5) is 0.500. The number of nitrogens with one attached hydrogen (secondary N) is 2. The van der Waals surface area contributed by atoms with Gasteiger partial charge < -0.3 is 5.73 Å². The van der Waals surface area contributed by atoms with Crippen LogP contribution in [0.15, 0.2) is 0 Å². The third-order valence-electron chi connectivity index (χ3n) is 0. The van der Waals surface area contributed by atoms with E-state index in [2.05, 4.69) is 34.0 Å². The van der Waals surface area contributed by atoms with Crippen LogP contribution in [-0.4, -0.2) is 51.9 Å². The van der Waals surface area contributed by atoms with E-state index in [4.69, 9.17) is 22.3 Å². The fourth-order valence-electron chi connectivity index (χ4n) is 0. The van der Waals surface area contributed by atoms with Crippen molar-refractivity contribution in [3.63, 3.8) is 0 Å². The van der Waals surface area contributed by atoms with E-state index in [1.165, 1.54) is 22.3 Å². The van der Waals surface area contributed by atoms with Gasteiger partial charge in [-0.25, -0.2) is 0 Å². The Labute approximate surface area is 98.6 Å². The Hall–Kier alpha value is 0.139. The Bertz CT molecular complexity index is 121. The molecule has 0 amide bonds. The quantitative estimate of drug-likeness (QED) is 0.153. The molecule has 0 heterocycles. The predicted octanol–water partition coefficient (Wildman–Crippen LogP) is -1.61. The van der Waals surface area contributed by atoms with Gasteiger partial charge in [0.25, 0.3) is 0 Å². The molecule has 0 atom stereocenters. The van der Waals surface area contributed by atoms with Gasteiger partial charge in [0.1, 0.15) is 0 Å². The van der Waals surface area contributed by atoms with E-state index >= 15 is 0 Å². The number of thiocarbonyl (C=S) groups is 1. The van der Waals surface area contributed by atoms with Gasteiger partial charge in [0.15, 0.2) is 0 Å². The molecular formula is C4H11N5SSeTe. The number of hydrogen-bond acceptors (Lipinski definition) is 3. The molecule has 0 aliphatic rings. The van der Waals surface area contributed by atoms with Gasteiger partial charge in [0.2, 0.25) is 0 Å². The molecule has 0 aromatic rings. The first-order valence-electron chi connectivity index (χ1n) is 2.48. The molecule has 0 saturated carbocycles. The monoisotopic (exact) mass is 371 g/mol. The normalized spacial score (nSPS) is 6.08. The van der Waals surface area contributed by atoms with Crippen molar-refractivity contribution in [1.82, 2.24) is 0 Å². The van der Waals surface area contributed by atoms with E-state index in [0.29, 0.717) is 4.99 Å². The minimum absolute atomic E-state index is 0.0417. The molecule has 2 radical (unpaired) electrons. The SMILES string of the molecule is CC(N)=S.N=C(N)[Se].N=C(N)[Te]. The second-order valence-electron chi connectivity index (χ2n) is 1.34. The van der Waals surface area contributed by atoms with E-state index in [1.54, 1.807) is 6.92 Å². The fraction of sp³-hybridized carbons (Fsp3) is 0.250. The number of rotatable bonds is 0. The second kappa shape index (κ2) is 13.7. The van der Waals surface area contributed by atoms with Crippen molar-refractivity contribution >= 4 is 64.1 Å². The molecule has 0 unspecified atom stereocenters. The van der Waals surface area contributed by atoms with E-state index in [-0.39, 0.29) is 8.62 Å². The second-order valence-corrected chi connectivity index (χ2v) is 4.16. The van der Waals surface area contributed by atoms with Crippen LogP contribution < -0.4 is 17.2 Å². The van der Waals surface area contributed by atoms with Gasteiger partial charge >= 0.3 is 69.2 Å². The van der Waals surface area contributed by atoms with Crippen molar-refractivity contribution < 1.29 is 0 Å². The molecule has 0 aromatic heterocycles. The fourth-order valence-corrected chi connectivity index (χ4v) is 0. The number of hydrogen-bond donors (Lipinski definition) is 5. The first-order valence-corrected chi connectivity index (χ1v) is 4.91. The molecule has 0 bridgehead atoms. The molecule has 0 aliphatic carbocycles. The Morgan fingerprint density at radius 3 is 1.33 bits per heavy atom. The van der Waals surface area contributed by atoms with Gasteiger partial charge in [-0.3, -0.25) is 0 Å². The molecule has 70 valence electrons. The van der Waals surface area contributed by atoms with Crippen molar-refractivity contribution in [1.29, 1.82) is 10.8 Å². The molecular weight excluding hydrogens is 357 g/mol. The first kappa shape index (κ1) is 18.0. The van der Waals surface area contributed by atoms with Crippen LogP contribution in [-0.2, 0) is 0 Å². The van der Waals surface area contributed by atoms with E-state index in [1.807, 2.05) is 0 Å². The van der Waals surface area contributed by atoms with Crippen LogP contribution in [0.2, 0.25) is 0 Å². The molecule has 12 heavy (non-hydrogen) atoms. The predicted molar refractivity (Wildman–Crippen MR) is 57.8 cm³/mol. The third-order valence-corrected chi connectivity index (χ3v) is 0. The molecule has 0 fully saturated rings. The van der Waals surface area contributed by atoms with Gasteiger partial charge in [-0.1, -0.05) is 12.2 Å².